The Morgan fingerprint density at radius 2 is 2.21 bits per heavy atom. The zero-order valence-corrected chi connectivity index (χ0v) is 12.3. The van der Waals surface area contributed by atoms with Gasteiger partial charge in [0.05, 0.1) is 16.3 Å². The van der Waals surface area contributed by atoms with E-state index >= 15 is 0 Å². The first-order valence-corrected chi connectivity index (χ1v) is 7.05. The zero-order valence-electron chi connectivity index (χ0n) is 10.7. The van der Waals surface area contributed by atoms with Crippen LogP contribution in [0.4, 0.5) is 4.39 Å². The summed E-state index contributed by atoms with van der Waals surface area (Å²) in [7, 11) is 0. The van der Waals surface area contributed by atoms with Crippen LogP contribution in [0.15, 0.2) is 34.9 Å². The fraction of sp³-hybridized carbons (Fsp3) is 0.357. The van der Waals surface area contributed by atoms with Gasteiger partial charge >= 0.3 is 0 Å². The monoisotopic (exact) mass is 326 g/mol. The van der Waals surface area contributed by atoms with Crippen molar-refractivity contribution in [2.45, 2.75) is 32.4 Å². The summed E-state index contributed by atoms with van der Waals surface area (Å²) in [6.45, 7) is 2.82. The number of aliphatic hydroxyl groups is 1. The van der Waals surface area contributed by atoms with Crippen molar-refractivity contribution < 1.29 is 9.50 Å². The second-order valence-electron chi connectivity index (χ2n) is 4.41. The first-order valence-electron chi connectivity index (χ1n) is 6.26. The van der Waals surface area contributed by atoms with E-state index in [-0.39, 0.29) is 5.82 Å². The SMILES string of the molecule is CCCn1nccc1C(O)Cc1cccc(F)c1Br. The Bertz CT molecular complexity index is 556. The van der Waals surface area contributed by atoms with E-state index in [9.17, 15) is 9.50 Å². The van der Waals surface area contributed by atoms with Crippen molar-refractivity contribution in [3.8, 4) is 0 Å². The molecule has 0 radical (unpaired) electrons. The molecule has 102 valence electrons. The predicted octanol–water partition coefficient (Wildman–Crippen LogP) is 3.47. The van der Waals surface area contributed by atoms with Gasteiger partial charge < -0.3 is 5.11 Å². The normalized spacial score (nSPS) is 12.6. The van der Waals surface area contributed by atoms with Crippen LogP contribution in [0.1, 0.15) is 30.7 Å². The lowest BCUT2D eigenvalue weighted by Gasteiger charge is -2.14. The third-order valence-electron chi connectivity index (χ3n) is 2.97. The van der Waals surface area contributed by atoms with Gasteiger partial charge in [0.1, 0.15) is 5.82 Å². The van der Waals surface area contributed by atoms with Crippen molar-refractivity contribution in [3.05, 3.63) is 52.0 Å². The molecule has 1 unspecified atom stereocenters. The highest BCUT2D eigenvalue weighted by Gasteiger charge is 2.16. The second-order valence-corrected chi connectivity index (χ2v) is 5.21. The van der Waals surface area contributed by atoms with E-state index in [1.807, 2.05) is 0 Å². The lowest BCUT2D eigenvalue weighted by molar-refractivity contribution is 0.166. The molecule has 1 heterocycles. The summed E-state index contributed by atoms with van der Waals surface area (Å²) in [5.74, 6) is -0.313. The largest absolute Gasteiger partial charge is 0.386 e. The van der Waals surface area contributed by atoms with Crippen molar-refractivity contribution in [3.63, 3.8) is 0 Å². The zero-order chi connectivity index (χ0) is 13.8. The number of benzene rings is 1. The molecule has 0 aliphatic heterocycles. The van der Waals surface area contributed by atoms with Crippen molar-refractivity contribution in [2.24, 2.45) is 0 Å². The van der Waals surface area contributed by atoms with Crippen molar-refractivity contribution in [2.75, 3.05) is 0 Å². The van der Waals surface area contributed by atoms with Crippen LogP contribution in [-0.4, -0.2) is 14.9 Å². The molecule has 3 nitrogen and oxygen atoms in total. The van der Waals surface area contributed by atoms with E-state index in [0.717, 1.165) is 24.2 Å². The van der Waals surface area contributed by atoms with Crippen LogP contribution in [0.3, 0.4) is 0 Å². The number of halogens is 2. The van der Waals surface area contributed by atoms with Crippen LogP contribution in [0.25, 0.3) is 0 Å². The molecule has 1 atom stereocenters. The molecule has 1 aromatic carbocycles. The summed E-state index contributed by atoms with van der Waals surface area (Å²) in [6.07, 6.45) is 2.29. The molecule has 1 aromatic heterocycles. The first kappa shape index (κ1) is 14.2. The molecule has 1 N–H and O–H groups in total. The highest BCUT2D eigenvalue weighted by atomic mass is 79.9. The molecular formula is C14H16BrFN2O. The average molecular weight is 327 g/mol. The van der Waals surface area contributed by atoms with Gasteiger partial charge in [0.2, 0.25) is 0 Å². The molecule has 0 saturated carbocycles. The van der Waals surface area contributed by atoms with E-state index in [4.69, 9.17) is 0 Å². The minimum absolute atomic E-state index is 0.313. The maximum Gasteiger partial charge on any atom is 0.137 e. The summed E-state index contributed by atoms with van der Waals surface area (Å²) in [5.41, 5.74) is 1.51. The van der Waals surface area contributed by atoms with E-state index in [1.54, 1.807) is 29.1 Å². The number of aryl methyl sites for hydroxylation is 1. The van der Waals surface area contributed by atoms with Crippen LogP contribution in [0, 0.1) is 5.82 Å². The molecule has 0 fully saturated rings. The van der Waals surface area contributed by atoms with Crippen molar-refractivity contribution in [1.82, 2.24) is 9.78 Å². The quantitative estimate of drug-likeness (QED) is 0.913. The maximum absolute atomic E-state index is 13.4. The third kappa shape index (κ3) is 3.22. The highest BCUT2D eigenvalue weighted by Crippen LogP contribution is 2.26. The molecule has 2 rings (SSSR count). The smallest absolute Gasteiger partial charge is 0.137 e. The number of aliphatic hydroxyl groups excluding tert-OH is 1. The summed E-state index contributed by atoms with van der Waals surface area (Å²) < 4.78 is 15.6. The van der Waals surface area contributed by atoms with Crippen molar-refractivity contribution in [1.29, 1.82) is 0 Å². The second kappa shape index (κ2) is 6.30. The molecular weight excluding hydrogens is 311 g/mol. The predicted molar refractivity (Wildman–Crippen MR) is 75.3 cm³/mol. The van der Waals surface area contributed by atoms with E-state index in [1.165, 1.54) is 6.07 Å². The molecule has 5 heteroatoms. The molecule has 0 saturated heterocycles. The van der Waals surface area contributed by atoms with Crippen LogP contribution >= 0.6 is 15.9 Å². The van der Waals surface area contributed by atoms with E-state index < -0.39 is 6.10 Å². The fourth-order valence-electron chi connectivity index (χ4n) is 2.04. The van der Waals surface area contributed by atoms with Gasteiger partial charge in [-0.2, -0.15) is 5.10 Å². The summed E-state index contributed by atoms with van der Waals surface area (Å²) in [4.78, 5) is 0. The number of aromatic nitrogens is 2. The Morgan fingerprint density at radius 3 is 2.95 bits per heavy atom. The Labute approximate surface area is 120 Å². The number of rotatable bonds is 5. The first-order chi connectivity index (χ1) is 9.13. The van der Waals surface area contributed by atoms with Gasteiger partial charge in [-0.1, -0.05) is 19.1 Å². The van der Waals surface area contributed by atoms with Crippen LogP contribution in [0.2, 0.25) is 0 Å². The third-order valence-corrected chi connectivity index (χ3v) is 3.86. The highest BCUT2D eigenvalue weighted by molar-refractivity contribution is 9.10. The number of hydrogen-bond donors (Lipinski definition) is 1. The summed E-state index contributed by atoms with van der Waals surface area (Å²) in [6, 6.07) is 6.64. The van der Waals surface area contributed by atoms with Gasteiger partial charge in [-0.15, -0.1) is 0 Å². The van der Waals surface area contributed by atoms with E-state index in [0.29, 0.717) is 10.9 Å². The van der Waals surface area contributed by atoms with Gasteiger partial charge in [0, 0.05) is 19.2 Å². The average Bonchev–Trinajstić information content (AvgIpc) is 2.84. The number of nitrogens with zero attached hydrogens (tertiary/aromatic N) is 2. The van der Waals surface area contributed by atoms with Gasteiger partial charge in [-0.25, -0.2) is 4.39 Å². The van der Waals surface area contributed by atoms with Gasteiger partial charge in [0.15, 0.2) is 0 Å². The Hall–Kier alpha value is -1.20. The topological polar surface area (TPSA) is 38.0 Å². The van der Waals surface area contributed by atoms with Gasteiger partial charge in [0.25, 0.3) is 0 Å². The molecule has 0 bridgehead atoms. The lowest BCUT2D eigenvalue weighted by Crippen LogP contribution is -2.11. The molecule has 0 aliphatic rings. The fourth-order valence-corrected chi connectivity index (χ4v) is 2.47. The standard InChI is InChI=1S/C14H16BrFN2O/c1-2-8-18-12(6-7-17-18)13(19)9-10-4-3-5-11(16)14(10)15/h3-7,13,19H,2,8-9H2,1H3. The summed E-state index contributed by atoms with van der Waals surface area (Å²) in [5, 5.41) is 14.5. The Morgan fingerprint density at radius 1 is 1.42 bits per heavy atom. The van der Waals surface area contributed by atoms with Crippen LogP contribution in [-0.2, 0) is 13.0 Å². The van der Waals surface area contributed by atoms with Gasteiger partial charge in [-0.3, -0.25) is 4.68 Å². The molecule has 0 spiro atoms. The summed E-state index contributed by atoms with van der Waals surface area (Å²) >= 11 is 3.21. The minimum Gasteiger partial charge on any atom is -0.386 e. The lowest BCUT2D eigenvalue weighted by atomic mass is 10.1. The number of hydrogen-bond acceptors (Lipinski definition) is 2. The molecule has 0 amide bonds. The Balaban J connectivity index is 2.18. The van der Waals surface area contributed by atoms with Crippen LogP contribution < -0.4 is 0 Å². The molecule has 0 aliphatic carbocycles. The van der Waals surface area contributed by atoms with Crippen molar-refractivity contribution >= 4 is 15.9 Å². The van der Waals surface area contributed by atoms with E-state index in [2.05, 4.69) is 28.0 Å². The Kier molecular flexibility index (Phi) is 4.71. The molecule has 19 heavy (non-hydrogen) atoms. The maximum atomic E-state index is 13.4. The molecule has 2 aromatic rings. The minimum atomic E-state index is -0.688. The van der Waals surface area contributed by atoms with Crippen LogP contribution in [0.5, 0.6) is 0 Å². The van der Waals surface area contributed by atoms with Gasteiger partial charge in [-0.05, 0) is 40.0 Å².